The predicted molar refractivity (Wildman–Crippen MR) is 128 cm³/mol. The summed E-state index contributed by atoms with van der Waals surface area (Å²) in [7, 11) is 1.40. The Balaban J connectivity index is 1.76. The number of H-pyrrole nitrogens is 1. The lowest BCUT2D eigenvalue weighted by atomic mass is 9.87. The molecule has 1 aromatic heterocycles. The fourth-order valence-corrected chi connectivity index (χ4v) is 4.19. The number of benzene rings is 1. The molecule has 0 spiro atoms. The van der Waals surface area contributed by atoms with Crippen molar-refractivity contribution in [1.29, 1.82) is 0 Å². The van der Waals surface area contributed by atoms with Gasteiger partial charge >= 0.3 is 0 Å². The first-order chi connectivity index (χ1) is 16.1. The number of hydrogen-bond acceptors (Lipinski definition) is 5. The molecule has 0 saturated carbocycles. The summed E-state index contributed by atoms with van der Waals surface area (Å²) >= 11 is 0. The SMILES string of the molecule is COCC(=O)[C@H](C[C@@H]1CCNC1=O)NC(=O)[C@H](CC(C)(C)C)NC(=O)c1cc2ccccc2[nH]1. The molecule has 3 atom stereocenters. The molecule has 2 aromatic rings. The number of carbonyl (C=O) groups is 4. The van der Waals surface area contributed by atoms with Gasteiger partial charge in [0.15, 0.2) is 5.78 Å². The number of nitrogens with one attached hydrogen (secondary N) is 4. The zero-order valence-corrected chi connectivity index (χ0v) is 20.2. The second kappa shape index (κ2) is 10.8. The Kier molecular flexibility index (Phi) is 8.09. The second-order valence-corrected chi connectivity index (χ2v) is 10.0. The monoisotopic (exact) mass is 470 g/mol. The molecule has 3 amide bonds. The number of ether oxygens (including phenoxy) is 1. The number of Topliss-reactive ketones (excluding diaryl/α,β-unsaturated/α-hetero) is 1. The van der Waals surface area contributed by atoms with Crippen molar-refractivity contribution in [2.75, 3.05) is 20.3 Å². The zero-order chi connectivity index (χ0) is 24.9. The van der Waals surface area contributed by atoms with Crippen LogP contribution in [0.25, 0.3) is 10.9 Å². The Morgan fingerprint density at radius 1 is 1.15 bits per heavy atom. The molecular weight excluding hydrogens is 436 g/mol. The highest BCUT2D eigenvalue weighted by Gasteiger charge is 2.34. The molecule has 184 valence electrons. The van der Waals surface area contributed by atoms with Gasteiger partial charge in [-0.15, -0.1) is 0 Å². The van der Waals surface area contributed by atoms with Crippen LogP contribution in [0.4, 0.5) is 0 Å². The molecule has 2 heterocycles. The molecule has 0 bridgehead atoms. The van der Waals surface area contributed by atoms with Crippen LogP contribution in [0.2, 0.25) is 0 Å². The molecule has 9 nitrogen and oxygen atoms in total. The molecule has 1 aliphatic rings. The van der Waals surface area contributed by atoms with E-state index in [9.17, 15) is 19.2 Å². The van der Waals surface area contributed by atoms with Crippen LogP contribution in [-0.4, -0.2) is 60.8 Å². The minimum Gasteiger partial charge on any atom is -0.377 e. The van der Waals surface area contributed by atoms with Crippen molar-refractivity contribution in [2.24, 2.45) is 11.3 Å². The molecule has 0 unspecified atom stereocenters. The summed E-state index contributed by atoms with van der Waals surface area (Å²) in [6.07, 6.45) is 1.16. The Bertz CT molecular complexity index is 1020. The van der Waals surface area contributed by atoms with E-state index in [2.05, 4.69) is 20.9 Å². The Labute approximate surface area is 199 Å². The minimum atomic E-state index is -0.881. The van der Waals surface area contributed by atoms with E-state index in [0.717, 1.165) is 10.9 Å². The van der Waals surface area contributed by atoms with E-state index in [1.807, 2.05) is 45.0 Å². The lowest BCUT2D eigenvalue weighted by Gasteiger charge is -2.28. The van der Waals surface area contributed by atoms with E-state index >= 15 is 0 Å². The van der Waals surface area contributed by atoms with Gasteiger partial charge in [0.1, 0.15) is 18.3 Å². The van der Waals surface area contributed by atoms with Crippen LogP contribution >= 0.6 is 0 Å². The van der Waals surface area contributed by atoms with Gasteiger partial charge in [0, 0.05) is 30.5 Å². The summed E-state index contributed by atoms with van der Waals surface area (Å²) in [4.78, 5) is 54.1. The maximum absolute atomic E-state index is 13.3. The van der Waals surface area contributed by atoms with Crippen molar-refractivity contribution in [3.8, 4) is 0 Å². The third kappa shape index (κ3) is 6.66. The van der Waals surface area contributed by atoms with E-state index in [0.29, 0.717) is 25.1 Å². The van der Waals surface area contributed by atoms with Crippen molar-refractivity contribution in [3.05, 3.63) is 36.0 Å². The van der Waals surface area contributed by atoms with E-state index in [4.69, 9.17) is 4.74 Å². The maximum atomic E-state index is 13.3. The van der Waals surface area contributed by atoms with Crippen LogP contribution < -0.4 is 16.0 Å². The number of aromatic amines is 1. The van der Waals surface area contributed by atoms with Crippen molar-refractivity contribution >= 4 is 34.4 Å². The van der Waals surface area contributed by atoms with Crippen molar-refractivity contribution in [2.45, 2.75) is 52.1 Å². The molecule has 1 aromatic carbocycles. The largest absolute Gasteiger partial charge is 0.377 e. The van der Waals surface area contributed by atoms with Crippen LogP contribution in [0.5, 0.6) is 0 Å². The number of carbonyl (C=O) groups excluding carboxylic acids is 4. The molecular formula is C25H34N4O5. The van der Waals surface area contributed by atoms with E-state index in [1.165, 1.54) is 7.11 Å². The first-order valence-corrected chi connectivity index (χ1v) is 11.6. The van der Waals surface area contributed by atoms with Gasteiger partial charge in [-0.1, -0.05) is 39.0 Å². The highest BCUT2D eigenvalue weighted by Crippen LogP contribution is 2.23. The fourth-order valence-electron chi connectivity index (χ4n) is 4.19. The average Bonchev–Trinajstić information content (AvgIpc) is 3.38. The molecule has 0 radical (unpaired) electrons. The quantitative estimate of drug-likeness (QED) is 0.422. The molecule has 4 N–H and O–H groups in total. The minimum absolute atomic E-state index is 0.122. The Morgan fingerprint density at radius 2 is 1.88 bits per heavy atom. The smallest absolute Gasteiger partial charge is 0.268 e. The van der Waals surface area contributed by atoms with Crippen LogP contribution in [-0.2, 0) is 19.1 Å². The first-order valence-electron chi connectivity index (χ1n) is 11.6. The summed E-state index contributed by atoms with van der Waals surface area (Å²) in [6.45, 7) is 6.29. The molecule has 9 heteroatoms. The first kappa shape index (κ1) is 25.4. The molecule has 0 aliphatic carbocycles. The van der Waals surface area contributed by atoms with Gasteiger partial charge in [-0.3, -0.25) is 19.2 Å². The zero-order valence-electron chi connectivity index (χ0n) is 20.2. The van der Waals surface area contributed by atoms with Crippen LogP contribution in [0, 0.1) is 11.3 Å². The number of fused-ring (bicyclic) bond motifs is 1. The van der Waals surface area contributed by atoms with Crippen LogP contribution in [0.15, 0.2) is 30.3 Å². The fraction of sp³-hybridized carbons (Fsp3) is 0.520. The Morgan fingerprint density at radius 3 is 2.50 bits per heavy atom. The van der Waals surface area contributed by atoms with Gasteiger partial charge in [-0.2, -0.15) is 0 Å². The predicted octanol–water partition coefficient (Wildman–Crippen LogP) is 1.93. The number of methoxy groups -OCH3 is 1. The van der Waals surface area contributed by atoms with Gasteiger partial charge in [-0.25, -0.2) is 0 Å². The lowest BCUT2D eigenvalue weighted by Crippen LogP contribution is -2.53. The number of amides is 3. The van der Waals surface area contributed by atoms with E-state index in [-0.39, 0.29) is 36.1 Å². The van der Waals surface area contributed by atoms with Gasteiger partial charge in [0.2, 0.25) is 11.8 Å². The second-order valence-electron chi connectivity index (χ2n) is 10.0. The van der Waals surface area contributed by atoms with Gasteiger partial charge < -0.3 is 25.7 Å². The van der Waals surface area contributed by atoms with E-state index < -0.39 is 23.9 Å². The Hall–Kier alpha value is -3.20. The lowest BCUT2D eigenvalue weighted by molar-refractivity contribution is -0.132. The summed E-state index contributed by atoms with van der Waals surface area (Å²) in [5, 5.41) is 9.25. The summed E-state index contributed by atoms with van der Waals surface area (Å²) in [5.74, 6) is -1.66. The molecule has 1 fully saturated rings. The number of ketones is 1. The third-order valence-electron chi connectivity index (χ3n) is 5.89. The van der Waals surface area contributed by atoms with Crippen molar-refractivity contribution in [3.63, 3.8) is 0 Å². The van der Waals surface area contributed by atoms with E-state index in [1.54, 1.807) is 6.07 Å². The number of aromatic nitrogens is 1. The molecule has 1 saturated heterocycles. The number of para-hydroxylation sites is 1. The highest BCUT2D eigenvalue weighted by molar-refractivity contribution is 6.01. The standard InChI is InChI=1S/C25H34N4O5/c1-25(2,3)13-20(29-23(32)19-11-15-7-5-6-8-17(15)27-19)24(33)28-18(21(30)14-34-4)12-16-9-10-26-22(16)31/h5-8,11,16,18,20,27H,9-10,12-14H2,1-4H3,(H,26,31)(H,28,33)(H,29,32)/t16-,18-,20-/m0/s1. The van der Waals surface area contributed by atoms with Crippen molar-refractivity contribution in [1.82, 2.24) is 20.9 Å². The summed E-state index contributed by atoms with van der Waals surface area (Å²) in [5.41, 5.74) is 0.903. The highest BCUT2D eigenvalue weighted by atomic mass is 16.5. The maximum Gasteiger partial charge on any atom is 0.268 e. The van der Waals surface area contributed by atoms with Crippen LogP contribution in [0.3, 0.4) is 0 Å². The van der Waals surface area contributed by atoms with Crippen molar-refractivity contribution < 1.29 is 23.9 Å². The summed E-state index contributed by atoms with van der Waals surface area (Å²) < 4.78 is 4.97. The van der Waals surface area contributed by atoms with Gasteiger partial charge in [0.25, 0.3) is 5.91 Å². The van der Waals surface area contributed by atoms with Gasteiger partial charge in [0.05, 0.1) is 6.04 Å². The molecule has 34 heavy (non-hydrogen) atoms. The van der Waals surface area contributed by atoms with Crippen LogP contribution in [0.1, 0.15) is 50.5 Å². The molecule has 3 rings (SSSR count). The molecule has 1 aliphatic heterocycles. The number of hydrogen-bond donors (Lipinski definition) is 4. The average molecular weight is 471 g/mol. The number of rotatable bonds is 10. The topological polar surface area (TPSA) is 129 Å². The normalized spacial score (nSPS) is 17.8. The third-order valence-corrected chi connectivity index (χ3v) is 5.89. The van der Waals surface area contributed by atoms with Gasteiger partial charge in [-0.05, 0) is 36.8 Å². The summed E-state index contributed by atoms with van der Waals surface area (Å²) in [6, 6.07) is 7.51.